The summed E-state index contributed by atoms with van der Waals surface area (Å²) in [5.41, 5.74) is -1.66. The Morgan fingerprint density at radius 2 is 1.86 bits per heavy atom. The molecular formula is C32H31Cl2F2N3O4. The number of nitrogens with zero attached hydrogens (tertiary/aromatic N) is 1. The van der Waals surface area contributed by atoms with E-state index in [0.717, 1.165) is 6.07 Å². The van der Waals surface area contributed by atoms with Crippen molar-refractivity contribution in [1.29, 1.82) is 5.26 Å². The molecule has 1 saturated heterocycles. The third-order valence-electron chi connectivity index (χ3n) is 7.69. The maximum atomic E-state index is 15.8. The van der Waals surface area contributed by atoms with Gasteiger partial charge in [0.05, 0.1) is 24.2 Å². The van der Waals surface area contributed by atoms with Crippen molar-refractivity contribution in [3.63, 3.8) is 0 Å². The summed E-state index contributed by atoms with van der Waals surface area (Å²) in [4.78, 5) is 25.4. The summed E-state index contributed by atoms with van der Waals surface area (Å²) in [5.74, 6) is -4.40. The lowest BCUT2D eigenvalue weighted by atomic mass is 9.62. The van der Waals surface area contributed by atoms with Gasteiger partial charge in [0.2, 0.25) is 5.91 Å². The van der Waals surface area contributed by atoms with Gasteiger partial charge in [0.1, 0.15) is 28.4 Å². The van der Waals surface area contributed by atoms with Gasteiger partial charge in [0.15, 0.2) is 0 Å². The molecular weight excluding hydrogens is 599 g/mol. The van der Waals surface area contributed by atoms with Gasteiger partial charge in [-0.3, -0.25) is 4.79 Å². The lowest BCUT2D eigenvalue weighted by Gasteiger charge is -2.37. The number of hydrogen-bond acceptors (Lipinski definition) is 5. The van der Waals surface area contributed by atoms with Gasteiger partial charge in [0.25, 0.3) is 0 Å². The molecule has 3 aromatic rings. The highest BCUT2D eigenvalue weighted by Crippen LogP contribution is 2.52. The molecule has 0 unspecified atom stereocenters. The summed E-state index contributed by atoms with van der Waals surface area (Å²) in [5, 5.41) is 26.3. The van der Waals surface area contributed by atoms with Gasteiger partial charge in [0, 0.05) is 29.1 Å². The molecule has 0 saturated carbocycles. The third kappa shape index (κ3) is 6.32. The van der Waals surface area contributed by atoms with E-state index in [-0.39, 0.29) is 44.4 Å². The number of carbonyl (C=O) groups excluding carboxylic acids is 1. The number of ether oxygens (including phenoxy) is 1. The average Bonchev–Trinajstić information content (AvgIpc) is 3.25. The molecule has 4 rings (SSSR count). The highest BCUT2D eigenvalue weighted by Gasteiger charge is 2.61. The number of aromatic carboxylic acids is 1. The smallest absolute Gasteiger partial charge is 0.339 e. The summed E-state index contributed by atoms with van der Waals surface area (Å²) in [6, 6.07) is 13.0. The van der Waals surface area contributed by atoms with Crippen LogP contribution in [0.15, 0.2) is 54.6 Å². The first-order valence-corrected chi connectivity index (χ1v) is 14.2. The van der Waals surface area contributed by atoms with Crippen LogP contribution in [0.1, 0.15) is 60.2 Å². The predicted octanol–water partition coefficient (Wildman–Crippen LogP) is 6.62. The van der Waals surface area contributed by atoms with E-state index in [9.17, 15) is 20.0 Å². The Bertz CT molecular complexity index is 1600. The van der Waals surface area contributed by atoms with Crippen LogP contribution < -0.4 is 15.4 Å². The van der Waals surface area contributed by atoms with E-state index in [1.165, 1.54) is 55.6 Å². The fourth-order valence-electron chi connectivity index (χ4n) is 5.88. The van der Waals surface area contributed by atoms with Crippen LogP contribution in [0.25, 0.3) is 0 Å². The largest absolute Gasteiger partial charge is 0.496 e. The van der Waals surface area contributed by atoms with Crippen LogP contribution in [0, 0.1) is 28.4 Å². The Balaban J connectivity index is 1.85. The summed E-state index contributed by atoms with van der Waals surface area (Å²) in [6.07, 6.45) is 0.332. The van der Waals surface area contributed by atoms with Crippen LogP contribution in [-0.2, 0) is 16.8 Å². The van der Waals surface area contributed by atoms with Gasteiger partial charge in [-0.25, -0.2) is 13.6 Å². The summed E-state index contributed by atoms with van der Waals surface area (Å²) in [6.45, 7) is 5.82. The Labute approximate surface area is 258 Å². The minimum absolute atomic E-state index is 0.0139. The molecule has 0 aromatic heterocycles. The van der Waals surface area contributed by atoms with Crippen molar-refractivity contribution in [1.82, 2.24) is 10.6 Å². The monoisotopic (exact) mass is 629 g/mol. The molecule has 43 heavy (non-hydrogen) atoms. The third-order valence-corrected chi connectivity index (χ3v) is 8.22. The van der Waals surface area contributed by atoms with E-state index >= 15 is 8.78 Å². The second kappa shape index (κ2) is 12.5. The minimum Gasteiger partial charge on any atom is -0.496 e. The van der Waals surface area contributed by atoms with E-state index in [1.54, 1.807) is 0 Å². The molecule has 11 heteroatoms. The molecule has 4 atom stereocenters. The van der Waals surface area contributed by atoms with Gasteiger partial charge in [-0.1, -0.05) is 68.2 Å². The molecule has 1 aliphatic heterocycles. The van der Waals surface area contributed by atoms with Crippen LogP contribution in [0.4, 0.5) is 8.78 Å². The Hall–Kier alpha value is -3.71. The number of hydrogen-bond donors (Lipinski definition) is 3. The van der Waals surface area contributed by atoms with E-state index in [2.05, 4.69) is 16.7 Å². The van der Waals surface area contributed by atoms with Crippen LogP contribution >= 0.6 is 23.2 Å². The molecule has 0 spiro atoms. The van der Waals surface area contributed by atoms with Gasteiger partial charge in [-0.05, 0) is 53.3 Å². The molecule has 7 nitrogen and oxygen atoms in total. The molecule has 0 bridgehead atoms. The van der Waals surface area contributed by atoms with Crippen LogP contribution in [0.5, 0.6) is 5.75 Å². The minimum atomic E-state index is -1.75. The molecule has 1 heterocycles. The fourth-order valence-corrected chi connectivity index (χ4v) is 6.22. The number of nitriles is 1. The molecule has 0 aliphatic carbocycles. The second-order valence-corrected chi connectivity index (χ2v) is 12.6. The number of carbonyl (C=O) groups is 2. The molecule has 3 N–H and O–H groups in total. The summed E-state index contributed by atoms with van der Waals surface area (Å²) in [7, 11) is 1.34. The molecule has 1 aliphatic rings. The van der Waals surface area contributed by atoms with Crippen molar-refractivity contribution in [3.8, 4) is 11.8 Å². The Morgan fingerprint density at radius 3 is 2.47 bits per heavy atom. The van der Waals surface area contributed by atoms with Crippen molar-refractivity contribution in [2.24, 2.45) is 5.41 Å². The Morgan fingerprint density at radius 1 is 1.14 bits per heavy atom. The lowest BCUT2D eigenvalue weighted by Crippen LogP contribution is -2.45. The standard InChI is InChI=1S/C32H31Cl2F2N3O4/c1-31(2,3)14-25-32(16-37,21-11-9-18(33)13-23(21)35)26(20-6-5-7-22(34)27(20)36)28(39-25)29(40)38-15-17-8-10-19(30(41)42)24(12-17)43-4/h5-13,25-26,28,39H,14-15H2,1-4H3,(H,38,40)(H,41,42)/t25-,26-,28+,32-/m0/s1. The van der Waals surface area contributed by atoms with Crippen molar-refractivity contribution in [2.45, 2.75) is 57.2 Å². The average molecular weight is 631 g/mol. The topological polar surface area (TPSA) is 111 Å². The number of amides is 1. The van der Waals surface area contributed by atoms with Crippen LogP contribution in [0.3, 0.4) is 0 Å². The first kappa shape index (κ1) is 32.2. The summed E-state index contributed by atoms with van der Waals surface area (Å²) >= 11 is 12.2. The van der Waals surface area contributed by atoms with Crippen LogP contribution in [0.2, 0.25) is 10.0 Å². The Kier molecular flexibility index (Phi) is 9.36. The van der Waals surface area contributed by atoms with E-state index in [1.807, 2.05) is 20.8 Å². The highest BCUT2D eigenvalue weighted by atomic mass is 35.5. The zero-order valence-electron chi connectivity index (χ0n) is 24.0. The zero-order chi connectivity index (χ0) is 31.7. The number of methoxy groups -OCH3 is 1. The normalized spacial score (nSPS) is 21.7. The van der Waals surface area contributed by atoms with Crippen LogP contribution in [-0.4, -0.2) is 36.2 Å². The van der Waals surface area contributed by atoms with Crippen molar-refractivity contribution in [2.75, 3.05) is 7.11 Å². The fraction of sp³-hybridized carbons (Fsp3) is 0.344. The van der Waals surface area contributed by atoms with Crippen molar-refractivity contribution < 1.29 is 28.2 Å². The molecule has 1 fully saturated rings. The predicted molar refractivity (Wildman–Crippen MR) is 159 cm³/mol. The highest BCUT2D eigenvalue weighted by molar-refractivity contribution is 6.31. The zero-order valence-corrected chi connectivity index (χ0v) is 25.5. The van der Waals surface area contributed by atoms with Gasteiger partial charge >= 0.3 is 5.97 Å². The first-order chi connectivity index (χ1) is 20.2. The van der Waals surface area contributed by atoms with Gasteiger partial charge in [-0.15, -0.1) is 0 Å². The quantitative estimate of drug-likeness (QED) is 0.258. The SMILES string of the molecule is COc1cc(CNC(=O)[C@@H]2N[C@@H](CC(C)(C)C)[C@](C#N)(c3ccc(Cl)cc3F)[C@H]2c2cccc(Cl)c2F)ccc1C(=O)O. The van der Waals surface area contributed by atoms with E-state index in [0.29, 0.717) is 12.0 Å². The molecule has 1 amide bonds. The summed E-state index contributed by atoms with van der Waals surface area (Å²) < 4.78 is 36.7. The van der Waals surface area contributed by atoms with Gasteiger partial charge < -0.3 is 20.5 Å². The maximum absolute atomic E-state index is 15.8. The van der Waals surface area contributed by atoms with Gasteiger partial charge in [-0.2, -0.15) is 5.26 Å². The number of carboxylic acid groups (broad SMARTS) is 1. The lowest BCUT2D eigenvalue weighted by molar-refractivity contribution is -0.123. The molecule has 226 valence electrons. The van der Waals surface area contributed by atoms with Crippen molar-refractivity contribution >= 4 is 35.1 Å². The maximum Gasteiger partial charge on any atom is 0.339 e. The first-order valence-electron chi connectivity index (χ1n) is 13.5. The molecule has 0 radical (unpaired) electrons. The second-order valence-electron chi connectivity index (χ2n) is 11.7. The molecule has 3 aromatic carbocycles. The number of benzene rings is 3. The van der Waals surface area contributed by atoms with E-state index < -0.39 is 46.9 Å². The number of halogens is 4. The number of rotatable bonds is 8. The number of carboxylic acids is 1. The van der Waals surface area contributed by atoms with Crippen molar-refractivity contribution in [3.05, 3.63) is 98.5 Å². The number of nitrogens with one attached hydrogen (secondary N) is 2. The van der Waals surface area contributed by atoms with E-state index in [4.69, 9.17) is 27.9 Å².